The maximum atomic E-state index is 13.4. The largest absolute Gasteiger partial charge is 0.419 e. The van der Waals surface area contributed by atoms with Crippen molar-refractivity contribution in [1.82, 2.24) is 15.1 Å². The molecule has 2 aromatic carbocycles. The number of benzene rings is 2. The zero-order chi connectivity index (χ0) is 23.5. The van der Waals surface area contributed by atoms with Crippen LogP contribution in [0.15, 0.2) is 46.9 Å². The number of hydrogen-bond acceptors (Lipinski definition) is 5. The second-order valence-electron chi connectivity index (χ2n) is 8.37. The minimum absolute atomic E-state index is 0.0303. The number of nitrogens with zero attached hydrogens (tertiary/aromatic N) is 4. The minimum atomic E-state index is -0.407. The Hall–Kier alpha value is -3.19. The second-order valence-corrected chi connectivity index (χ2v) is 8.77. The van der Waals surface area contributed by atoms with E-state index in [9.17, 15) is 9.59 Å². The summed E-state index contributed by atoms with van der Waals surface area (Å²) in [6.07, 6.45) is 0.972. The highest BCUT2D eigenvalue weighted by atomic mass is 35.5. The number of amides is 2. The molecule has 0 aliphatic carbocycles. The van der Waals surface area contributed by atoms with E-state index in [1.165, 1.54) is 0 Å². The third kappa shape index (κ3) is 4.78. The van der Waals surface area contributed by atoms with Gasteiger partial charge in [-0.25, -0.2) is 0 Å². The van der Waals surface area contributed by atoms with Crippen molar-refractivity contribution in [1.29, 1.82) is 0 Å². The van der Waals surface area contributed by atoms with Crippen molar-refractivity contribution in [2.45, 2.75) is 40.2 Å². The highest BCUT2D eigenvalue weighted by Crippen LogP contribution is 2.31. The molecule has 1 aromatic heterocycles. The first-order valence-corrected chi connectivity index (χ1v) is 11.5. The fourth-order valence-electron chi connectivity index (χ4n) is 4.15. The molecule has 3 aromatic rings. The van der Waals surface area contributed by atoms with E-state index < -0.39 is 5.92 Å². The summed E-state index contributed by atoms with van der Waals surface area (Å²) in [6, 6.07) is 13.1. The minimum Gasteiger partial charge on any atom is -0.419 e. The number of hydrogen-bond donors (Lipinski definition) is 0. The van der Waals surface area contributed by atoms with E-state index in [4.69, 9.17) is 16.0 Å². The molecule has 1 atom stereocenters. The lowest BCUT2D eigenvalue weighted by atomic mass is 10.1. The standard InChI is InChI=1S/C25H27ClN4O3/c1-4-12-29(15-22-27-28-24(33-22)19-9-5-6-10-20(19)26)25(32)18-13-23(31)30(14-18)21-11-7-8-16(2)17(21)3/h5-11,18H,4,12-15H2,1-3H3. The molecule has 1 saturated heterocycles. The van der Waals surface area contributed by atoms with Crippen LogP contribution in [0.3, 0.4) is 0 Å². The van der Waals surface area contributed by atoms with Crippen molar-refractivity contribution < 1.29 is 14.0 Å². The van der Waals surface area contributed by atoms with Gasteiger partial charge in [-0.1, -0.05) is 42.8 Å². The first kappa shape index (κ1) is 23.0. The zero-order valence-corrected chi connectivity index (χ0v) is 19.8. The highest BCUT2D eigenvalue weighted by molar-refractivity contribution is 6.33. The van der Waals surface area contributed by atoms with E-state index in [-0.39, 0.29) is 24.8 Å². The lowest BCUT2D eigenvalue weighted by Gasteiger charge is -2.24. The Balaban J connectivity index is 1.49. The summed E-state index contributed by atoms with van der Waals surface area (Å²) in [4.78, 5) is 29.6. The highest BCUT2D eigenvalue weighted by Gasteiger charge is 2.38. The topological polar surface area (TPSA) is 79.5 Å². The van der Waals surface area contributed by atoms with Crippen LogP contribution in [0, 0.1) is 19.8 Å². The average molecular weight is 467 g/mol. The predicted molar refractivity (Wildman–Crippen MR) is 127 cm³/mol. The Bertz CT molecular complexity index is 1180. The van der Waals surface area contributed by atoms with E-state index in [0.29, 0.717) is 35.5 Å². The predicted octanol–water partition coefficient (Wildman–Crippen LogP) is 4.80. The Morgan fingerprint density at radius 2 is 1.97 bits per heavy atom. The molecule has 33 heavy (non-hydrogen) atoms. The van der Waals surface area contributed by atoms with Crippen LogP contribution in [0.1, 0.15) is 36.8 Å². The van der Waals surface area contributed by atoms with Gasteiger partial charge in [0.15, 0.2) is 0 Å². The summed E-state index contributed by atoms with van der Waals surface area (Å²) in [5.41, 5.74) is 3.70. The number of aromatic nitrogens is 2. The molecule has 8 heteroatoms. The SMILES string of the molecule is CCCN(Cc1nnc(-c2ccccc2Cl)o1)C(=O)C1CC(=O)N(c2cccc(C)c2C)C1. The van der Waals surface area contributed by atoms with Gasteiger partial charge in [0, 0.05) is 25.2 Å². The van der Waals surface area contributed by atoms with E-state index >= 15 is 0 Å². The number of carbonyl (C=O) groups is 2. The van der Waals surface area contributed by atoms with Crippen LogP contribution in [0.25, 0.3) is 11.5 Å². The Morgan fingerprint density at radius 3 is 2.73 bits per heavy atom. The summed E-state index contributed by atoms with van der Waals surface area (Å²) in [7, 11) is 0. The summed E-state index contributed by atoms with van der Waals surface area (Å²) in [6.45, 7) is 7.13. The lowest BCUT2D eigenvalue weighted by Crippen LogP contribution is -2.37. The van der Waals surface area contributed by atoms with E-state index in [2.05, 4.69) is 10.2 Å². The molecule has 0 bridgehead atoms. The van der Waals surface area contributed by atoms with E-state index in [0.717, 1.165) is 23.2 Å². The maximum Gasteiger partial charge on any atom is 0.249 e. The first-order valence-electron chi connectivity index (χ1n) is 11.1. The number of aryl methyl sites for hydroxylation is 1. The van der Waals surface area contributed by atoms with Gasteiger partial charge in [-0.2, -0.15) is 0 Å². The Kier molecular flexibility index (Phi) is 6.79. The summed E-state index contributed by atoms with van der Waals surface area (Å²) >= 11 is 6.23. The molecule has 172 valence electrons. The normalized spacial score (nSPS) is 15.8. The van der Waals surface area contributed by atoms with Crippen molar-refractivity contribution in [2.24, 2.45) is 5.92 Å². The first-order chi connectivity index (χ1) is 15.9. The quantitative estimate of drug-likeness (QED) is 0.499. The van der Waals surface area contributed by atoms with Gasteiger partial charge in [0.1, 0.15) is 0 Å². The zero-order valence-electron chi connectivity index (χ0n) is 19.0. The van der Waals surface area contributed by atoms with Crippen LogP contribution in [-0.4, -0.2) is 40.0 Å². The number of anilines is 1. The van der Waals surface area contributed by atoms with Gasteiger partial charge in [0.25, 0.3) is 0 Å². The summed E-state index contributed by atoms with van der Waals surface area (Å²) < 4.78 is 5.80. The molecule has 0 N–H and O–H groups in total. The van der Waals surface area contributed by atoms with Crippen LogP contribution >= 0.6 is 11.6 Å². The molecule has 7 nitrogen and oxygen atoms in total. The fraction of sp³-hybridized carbons (Fsp3) is 0.360. The van der Waals surface area contributed by atoms with Crippen LogP contribution in [-0.2, 0) is 16.1 Å². The van der Waals surface area contributed by atoms with Gasteiger partial charge in [-0.05, 0) is 49.6 Å². The van der Waals surface area contributed by atoms with Gasteiger partial charge in [-0.3, -0.25) is 9.59 Å². The molecule has 1 aliphatic heterocycles. The van der Waals surface area contributed by atoms with E-state index in [1.807, 2.05) is 51.1 Å². The van der Waals surface area contributed by atoms with Gasteiger partial charge in [-0.15, -0.1) is 10.2 Å². The van der Waals surface area contributed by atoms with Crippen LogP contribution < -0.4 is 4.90 Å². The second kappa shape index (κ2) is 9.75. The fourth-order valence-corrected chi connectivity index (χ4v) is 4.37. The molecule has 1 aliphatic rings. The molecule has 4 rings (SSSR count). The van der Waals surface area contributed by atoms with Crippen molar-refractivity contribution in [2.75, 3.05) is 18.0 Å². The Labute approximate surface area is 198 Å². The smallest absolute Gasteiger partial charge is 0.249 e. The third-order valence-corrected chi connectivity index (χ3v) is 6.37. The van der Waals surface area contributed by atoms with Gasteiger partial charge < -0.3 is 14.2 Å². The molecular formula is C25H27ClN4O3. The molecule has 2 amide bonds. The van der Waals surface area contributed by atoms with Crippen molar-refractivity contribution in [3.8, 4) is 11.5 Å². The number of rotatable bonds is 7. The van der Waals surface area contributed by atoms with Crippen molar-refractivity contribution in [3.63, 3.8) is 0 Å². The van der Waals surface area contributed by atoms with Crippen LogP contribution in [0.2, 0.25) is 5.02 Å². The molecule has 1 fully saturated rings. The molecule has 0 radical (unpaired) electrons. The van der Waals surface area contributed by atoms with Gasteiger partial charge in [0.05, 0.1) is 23.0 Å². The van der Waals surface area contributed by atoms with E-state index in [1.54, 1.807) is 21.9 Å². The monoisotopic (exact) mass is 466 g/mol. The molecule has 0 saturated carbocycles. The number of carbonyl (C=O) groups excluding carboxylic acids is 2. The lowest BCUT2D eigenvalue weighted by molar-refractivity contribution is -0.136. The average Bonchev–Trinajstić information content (AvgIpc) is 3.42. The van der Waals surface area contributed by atoms with Gasteiger partial charge in [0.2, 0.25) is 23.6 Å². The molecular weight excluding hydrogens is 440 g/mol. The third-order valence-electron chi connectivity index (χ3n) is 6.04. The Morgan fingerprint density at radius 1 is 1.18 bits per heavy atom. The van der Waals surface area contributed by atoms with Crippen LogP contribution in [0.4, 0.5) is 5.69 Å². The number of halogens is 1. The van der Waals surface area contributed by atoms with Gasteiger partial charge >= 0.3 is 0 Å². The molecule has 0 spiro atoms. The summed E-state index contributed by atoms with van der Waals surface area (Å²) in [5.74, 6) is 0.141. The summed E-state index contributed by atoms with van der Waals surface area (Å²) in [5, 5.41) is 8.73. The molecule has 2 heterocycles. The molecule has 1 unspecified atom stereocenters. The van der Waals surface area contributed by atoms with Crippen LogP contribution in [0.5, 0.6) is 0 Å². The van der Waals surface area contributed by atoms with Crippen molar-refractivity contribution >= 4 is 29.1 Å². The maximum absolute atomic E-state index is 13.4. The van der Waals surface area contributed by atoms with Crippen molar-refractivity contribution in [3.05, 3.63) is 64.5 Å².